The summed E-state index contributed by atoms with van der Waals surface area (Å²) in [4.78, 5) is 14.8. The normalized spacial score (nSPS) is 14.9. The minimum Gasteiger partial charge on any atom is -0.463 e. The fraction of sp³-hybridized carbons (Fsp3) is 0.240. The Morgan fingerprint density at radius 3 is 2.65 bits per heavy atom. The molecule has 0 unspecified atom stereocenters. The Kier molecular flexibility index (Phi) is 5.70. The Morgan fingerprint density at radius 1 is 1.19 bits per heavy atom. The summed E-state index contributed by atoms with van der Waals surface area (Å²) in [6.45, 7) is 5.36. The lowest BCUT2D eigenvalue weighted by molar-refractivity contribution is -0.137. The summed E-state index contributed by atoms with van der Waals surface area (Å²) in [6, 6.07) is 6.27. The van der Waals surface area contributed by atoms with Gasteiger partial charge in [0.25, 0.3) is 0 Å². The highest BCUT2D eigenvalue weighted by atomic mass is 35.5. The van der Waals surface area contributed by atoms with Crippen LogP contribution in [0, 0.1) is 6.92 Å². The topological polar surface area (TPSA) is 115 Å². The van der Waals surface area contributed by atoms with Crippen molar-refractivity contribution in [3.05, 3.63) is 70.2 Å². The number of aryl methyl sites for hydroxylation is 1. The van der Waals surface area contributed by atoms with Gasteiger partial charge in [-0.15, -0.1) is 0 Å². The Hall–Kier alpha value is -3.99. The van der Waals surface area contributed by atoms with Crippen molar-refractivity contribution in [3.8, 4) is 17.0 Å². The molecule has 4 heterocycles. The molecule has 2 aliphatic heterocycles. The number of alkyl halides is 3. The SMILES string of the molecule is Cc1cc(N)nc(-c2cc3c4c(c2Cl)NCN=C4N(C(C)(C)c2cccnc2N)C=CO3)c1C(F)(F)F. The molecule has 12 heteroatoms. The van der Waals surface area contributed by atoms with E-state index in [0.717, 1.165) is 5.56 Å². The van der Waals surface area contributed by atoms with Crippen LogP contribution in [0.5, 0.6) is 5.75 Å². The lowest BCUT2D eigenvalue weighted by Crippen LogP contribution is -2.44. The molecule has 192 valence electrons. The maximum Gasteiger partial charge on any atom is 0.418 e. The van der Waals surface area contributed by atoms with Crippen LogP contribution in [-0.4, -0.2) is 27.4 Å². The average Bonchev–Trinajstić information content (AvgIpc) is 3.00. The number of nitrogen functional groups attached to an aromatic ring is 2. The van der Waals surface area contributed by atoms with Crippen LogP contribution < -0.4 is 21.5 Å². The molecule has 1 aromatic carbocycles. The minimum absolute atomic E-state index is 0.0319. The standard InChI is InChI=1S/C25H23ClF3N7O/c1-12-9-16(30)35-20(18(12)25(27,28)29)13-10-15-17-21(19(13)26)33-11-34-23(17)36(7-8-37-15)24(2,3)14-5-4-6-32-22(14)31/h4-10,33H,11H2,1-3H3,(H2,30,35)(H2,31,32). The van der Waals surface area contributed by atoms with E-state index in [1.807, 2.05) is 24.8 Å². The maximum atomic E-state index is 14.1. The van der Waals surface area contributed by atoms with Crippen LogP contribution in [0.4, 0.5) is 30.5 Å². The van der Waals surface area contributed by atoms with E-state index in [4.69, 9.17) is 27.8 Å². The number of anilines is 3. The zero-order valence-electron chi connectivity index (χ0n) is 20.1. The molecule has 0 fully saturated rings. The molecule has 2 aromatic heterocycles. The summed E-state index contributed by atoms with van der Waals surface area (Å²) in [5, 5.41) is 3.13. The third kappa shape index (κ3) is 3.99. The third-order valence-corrected chi connectivity index (χ3v) is 6.84. The largest absolute Gasteiger partial charge is 0.463 e. The summed E-state index contributed by atoms with van der Waals surface area (Å²) in [5.41, 5.74) is 11.6. The van der Waals surface area contributed by atoms with E-state index >= 15 is 0 Å². The molecular formula is C25H23ClF3N7O. The number of ether oxygens (including phenoxy) is 1. The first-order valence-electron chi connectivity index (χ1n) is 11.2. The number of amidine groups is 1. The number of aromatic nitrogens is 2. The van der Waals surface area contributed by atoms with E-state index in [9.17, 15) is 13.2 Å². The number of nitrogens with zero attached hydrogens (tertiary/aromatic N) is 4. The van der Waals surface area contributed by atoms with Crippen molar-refractivity contribution in [3.63, 3.8) is 0 Å². The fourth-order valence-corrected chi connectivity index (χ4v) is 5.06. The summed E-state index contributed by atoms with van der Waals surface area (Å²) in [5.74, 6) is 1.06. The van der Waals surface area contributed by atoms with Crippen molar-refractivity contribution in [1.82, 2.24) is 14.9 Å². The monoisotopic (exact) mass is 529 g/mol. The molecule has 0 atom stereocenters. The number of nitrogens with one attached hydrogen (secondary N) is 1. The molecule has 5 N–H and O–H groups in total. The zero-order valence-corrected chi connectivity index (χ0v) is 20.9. The van der Waals surface area contributed by atoms with Crippen molar-refractivity contribution < 1.29 is 17.9 Å². The second kappa shape index (κ2) is 8.55. The summed E-state index contributed by atoms with van der Waals surface area (Å²) in [6.07, 6.45) is 0.0518. The molecule has 0 radical (unpaired) electrons. The Morgan fingerprint density at radius 2 is 1.95 bits per heavy atom. The van der Waals surface area contributed by atoms with Crippen LogP contribution in [0.15, 0.2) is 47.9 Å². The van der Waals surface area contributed by atoms with E-state index in [2.05, 4.69) is 20.3 Å². The highest BCUT2D eigenvalue weighted by Gasteiger charge is 2.40. The number of nitrogens with two attached hydrogens (primary N) is 2. The molecular weight excluding hydrogens is 507 g/mol. The average molecular weight is 530 g/mol. The van der Waals surface area contributed by atoms with Gasteiger partial charge in [0.05, 0.1) is 33.1 Å². The van der Waals surface area contributed by atoms with Gasteiger partial charge in [0.2, 0.25) is 0 Å². The molecule has 0 aliphatic carbocycles. The predicted molar refractivity (Wildman–Crippen MR) is 137 cm³/mol. The van der Waals surface area contributed by atoms with E-state index in [-0.39, 0.29) is 40.1 Å². The summed E-state index contributed by atoms with van der Waals surface area (Å²) < 4.78 is 48.1. The van der Waals surface area contributed by atoms with Gasteiger partial charge < -0.3 is 26.4 Å². The van der Waals surface area contributed by atoms with Crippen LogP contribution in [0.25, 0.3) is 11.3 Å². The second-order valence-electron chi connectivity index (χ2n) is 9.16. The van der Waals surface area contributed by atoms with Crippen molar-refractivity contribution in [2.45, 2.75) is 32.5 Å². The molecule has 0 saturated heterocycles. The molecule has 5 rings (SSSR count). The molecule has 0 spiro atoms. The van der Waals surface area contributed by atoms with E-state index in [1.54, 1.807) is 18.5 Å². The number of hydrogen-bond donors (Lipinski definition) is 3. The van der Waals surface area contributed by atoms with Crippen LogP contribution in [0.3, 0.4) is 0 Å². The molecule has 3 aromatic rings. The number of halogens is 4. The summed E-state index contributed by atoms with van der Waals surface area (Å²) >= 11 is 6.77. The van der Waals surface area contributed by atoms with Gasteiger partial charge in [0, 0.05) is 23.5 Å². The smallest absolute Gasteiger partial charge is 0.418 e. The Bertz CT molecular complexity index is 1480. The molecule has 8 nitrogen and oxygen atoms in total. The van der Waals surface area contributed by atoms with E-state index in [0.29, 0.717) is 22.9 Å². The van der Waals surface area contributed by atoms with Crippen molar-refractivity contribution in [1.29, 1.82) is 0 Å². The van der Waals surface area contributed by atoms with Crippen molar-refractivity contribution in [2.24, 2.45) is 4.99 Å². The number of aliphatic imine (C=N–C) groups is 1. The van der Waals surface area contributed by atoms with E-state index < -0.39 is 17.3 Å². The zero-order chi connectivity index (χ0) is 26.7. The molecule has 0 amide bonds. The molecule has 0 bridgehead atoms. The Labute approximate surface area is 215 Å². The van der Waals surface area contributed by atoms with Crippen LogP contribution in [0.2, 0.25) is 5.02 Å². The van der Waals surface area contributed by atoms with Gasteiger partial charge in [-0.1, -0.05) is 17.7 Å². The van der Waals surface area contributed by atoms with Gasteiger partial charge in [-0.25, -0.2) is 15.0 Å². The van der Waals surface area contributed by atoms with Gasteiger partial charge in [-0.3, -0.25) is 0 Å². The highest BCUT2D eigenvalue weighted by molar-refractivity contribution is 6.37. The number of pyridine rings is 2. The van der Waals surface area contributed by atoms with Gasteiger partial charge in [0.1, 0.15) is 36.2 Å². The summed E-state index contributed by atoms with van der Waals surface area (Å²) in [7, 11) is 0. The van der Waals surface area contributed by atoms with Gasteiger partial charge >= 0.3 is 6.18 Å². The fourth-order valence-electron chi connectivity index (χ4n) is 4.76. The molecule has 37 heavy (non-hydrogen) atoms. The number of hydrogen-bond acceptors (Lipinski definition) is 8. The second-order valence-corrected chi connectivity index (χ2v) is 9.53. The number of rotatable bonds is 3. The first kappa shape index (κ1) is 24.7. The van der Waals surface area contributed by atoms with E-state index in [1.165, 1.54) is 25.3 Å². The van der Waals surface area contributed by atoms with Crippen LogP contribution in [-0.2, 0) is 11.7 Å². The van der Waals surface area contributed by atoms with Gasteiger partial charge in [-0.2, -0.15) is 13.2 Å². The third-order valence-electron chi connectivity index (χ3n) is 6.44. The minimum atomic E-state index is -4.68. The van der Waals surface area contributed by atoms with Gasteiger partial charge in [0.15, 0.2) is 0 Å². The van der Waals surface area contributed by atoms with Gasteiger partial charge in [-0.05, 0) is 44.5 Å². The van der Waals surface area contributed by atoms with Crippen molar-refractivity contribution >= 4 is 34.8 Å². The number of benzene rings is 1. The lowest BCUT2D eigenvalue weighted by atomic mass is 9.91. The maximum absolute atomic E-state index is 14.1. The van der Waals surface area contributed by atoms with Crippen molar-refractivity contribution in [2.75, 3.05) is 23.5 Å². The predicted octanol–water partition coefficient (Wildman–Crippen LogP) is 5.52. The first-order chi connectivity index (χ1) is 17.4. The molecule has 2 aliphatic rings. The van der Waals surface area contributed by atoms with Crippen LogP contribution >= 0.6 is 11.6 Å². The first-order valence-corrected chi connectivity index (χ1v) is 11.6. The Balaban J connectivity index is 1.72. The lowest BCUT2D eigenvalue weighted by Gasteiger charge is -2.39. The van der Waals surface area contributed by atoms with Crippen LogP contribution in [0.1, 0.15) is 36.1 Å². The highest BCUT2D eigenvalue weighted by Crippen LogP contribution is 2.48. The quantitative estimate of drug-likeness (QED) is 0.409. The molecule has 0 saturated carbocycles.